The fraction of sp³-hybridized carbons (Fsp3) is 0.450. The van der Waals surface area contributed by atoms with Gasteiger partial charge in [-0.1, -0.05) is 17.3 Å². The number of nitrogens with one attached hydrogen (secondary N) is 3. The second kappa shape index (κ2) is 11.1. The van der Waals surface area contributed by atoms with Crippen LogP contribution in [0, 0.1) is 6.92 Å². The van der Waals surface area contributed by atoms with Crippen LogP contribution in [-0.2, 0) is 4.79 Å². The number of nitrogens with zero attached hydrogens (tertiary/aromatic N) is 2. The highest BCUT2D eigenvalue weighted by Crippen LogP contribution is 2.23. The van der Waals surface area contributed by atoms with Crippen molar-refractivity contribution in [2.75, 3.05) is 50.5 Å². The van der Waals surface area contributed by atoms with Crippen LogP contribution < -0.4 is 20.3 Å². The van der Waals surface area contributed by atoms with E-state index in [1.54, 1.807) is 32.2 Å². The number of benzene rings is 1. The van der Waals surface area contributed by atoms with Crippen molar-refractivity contribution in [1.29, 1.82) is 0 Å². The Kier molecular flexibility index (Phi) is 8.47. The van der Waals surface area contributed by atoms with E-state index >= 15 is 0 Å². The minimum absolute atomic E-state index is 0.104. The molecular formula is C20H30N5O4+. The lowest BCUT2D eigenvalue weighted by Gasteiger charge is -2.25. The van der Waals surface area contributed by atoms with E-state index < -0.39 is 0 Å². The van der Waals surface area contributed by atoms with E-state index in [1.165, 1.54) is 9.80 Å². The number of ether oxygens (including phenoxy) is 1. The standard InChI is InChI=1S/C20H29N5O4/c1-5-24(6-2)11-12-25(14-19(26)22-18-13-15(3)29-23-18)20(27)21-16-9-7-8-10-17(16)28-4/h7-10,13H,5-6,11-12,14H2,1-4H3,(H,21,27)(H,22,23,26)/p+1. The summed E-state index contributed by atoms with van der Waals surface area (Å²) < 4.78 is 10.2. The van der Waals surface area contributed by atoms with Crippen molar-refractivity contribution in [2.45, 2.75) is 20.8 Å². The van der Waals surface area contributed by atoms with Crippen molar-refractivity contribution in [3.8, 4) is 5.75 Å². The fourth-order valence-corrected chi connectivity index (χ4v) is 2.87. The highest BCUT2D eigenvalue weighted by atomic mass is 16.5. The molecule has 1 aromatic carbocycles. The van der Waals surface area contributed by atoms with Gasteiger partial charge in [0.1, 0.15) is 18.1 Å². The molecule has 0 atom stereocenters. The summed E-state index contributed by atoms with van der Waals surface area (Å²) in [5, 5.41) is 9.24. The topological polar surface area (TPSA) is 101 Å². The Hall–Kier alpha value is -3.07. The molecule has 0 spiro atoms. The zero-order valence-corrected chi connectivity index (χ0v) is 17.4. The quantitative estimate of drug-likeness (QED) is 0.556. The Labute approximate surface area is 171 Å². The Balaban J connectivity index is 2.08. The number of anilines is 2. The predicted octanol–water partition coefficient (Wildman–Crippen LogP) is 1.39. The fourth-order valence-electron chi connectivity index (χ4n) is 2.87. The van der Waals surface area contributed by atoms with Crippen LogP contribution in [0.5, 0.6) is 5.75 Å². The summed E-state index contributed by atoms with van der Waals surface area (Å²) in [7, 11) is 1.54. The Morgan fingerprint density at radius 1 is 1.21 bits per heavy atom. The Morgan fingerprint density at radius 3 is 2.55 bits per heavy atom. The molecule has 3 N–H and O–H groups in total. The number of para-hydroxylation sites is 2. The van der Waals surface area contributed by atoms with Crippen LogP contribution in [0.15, 0.2) is 34.9 Å². The summed E-state index contributed by atoms with van der Waals surface area (Å²) in [5.41, 5.74) is 0.549. The van der Waals surface area contributed by atoms with Crippen LogP contribution in [0.1, 0.15) is 19.6 Å². The number of hydrogen-bond acceptors (Lipinski definition) is 5. The first-order valence-corrected chi connectivity index (χ1v) is 9.72. The number of amides is 3. The number of likely N-dealkylation sites (N-methyl/N-ethyl adjacent to an activating group) is 1. The molecule has 2 rings (SSSR count). The van der Waals surface area contributed by atoms with Crippen LogP contribution in [-0.4, -0.2) is 61.8 Å². The third-order valence-corrected chi connectivity index (χ3v) is 4.60. The number of urea groups is 1. The number of methoxy groups -OCH3 is 1. The molecule has 2 aromatic rings. The molecule has 0 aliphatic carbocycles. The number of quaternary nitrogens is 1. The van der Waals surface area contributed by atoms with Gasteiger partial charge in [0, 0.05) is 6.07 Å². The minimum atomic E-state index is -0.368. The van der Waals surface area contributed by atoms with Crippen LogP contribution >= 0.6 is 0 Å². The summed E-state index contributed by atoms with van der Waals surface area (Å²) in [6.07, 6.45) is 0. The monoisotopic (exact) mass is 404 g/mol. The zero-order chi connectivity index (χ0) is 21.2. The molecule has 0 unspecified atom stereocenters. The number of aromatic nitrogens is 1. The average molecular weight is 404 g/mol. The van der Waals surface area contributed by atoms with Gasteiger partial charge >= 0.3 is 6.03 Å². The van der Waals surface area contributed by atoms with Crippen molar-refractivity contribution in [2.24, 2.45) is 0 Å². The van der Waals surface area contributed by atoms with Crippen LogP contribution in [0.4, 0.5) is 16.3 Å². The Bertz CT molecular complexity index is 804. The van der Waals surface area contributed by atoms with Gasteiger partial charge in [-0.25, -0.2) is 4.79 Å². The van der Waals surface area contributed by atoms with Crippen LogP contribution in [0.25, 0.3) is 0 Å². The number of carbonyl (C=O) groups excluding carboxylic acids is 2. The van der Waals surface area contributed by atoms with Crippen molar-refractivity contribution in [1.82, 2.24) is 10.1 Å². The third kappa shape index (κ3) is 6.79. The van der Waals surface area contributed by atoms with E-state index in [4.69, 9.17) is 9.26 Å². The van der Waals surface area contributed by atoms with Gasteiger partial charge in [-0.3, -0.25) is 4.79 Å². The molecule has 0 radical (unpaired) electrons. The first kappa shape index (κ1) is 22.2. The molecule has 29 heavy (non-hydrogen) atoms. The first-order chi connectivity index (χ1) is 14.0. The lowest BCUT2D eigenvalue weighted by atomic mass is 10.3. The average Bonchev–Trinajstić information content (AvgIpc) is 3.12. The smallest absolute Gasteiger partial charge is 0.322 e. The molecule has 0 aliphatic heterocycles. The van der Waals surface area contributed by atoms with E-state index in [0.29, 0.717) is 29.6 Å². The van der Waals surface area contributed by atoms with Gasteiger partial charge in [-0.15, -0.1) is 0 Å². The van der Waals surface area contributed by atoms with E-state index in [0.717, 1.165) is 19.6 Å². The lowest BCUT2D eigenvalue weighted by Crippen LogP contribution is -3.12. The maximum atomic E-state index is 12.9. The van der Waals surface area contributed by atoms with Gasteiger partial charge in [0.05, 0.1) is 39.0 Å². The minimum Gasteiger partial charge on any atom is -0.495 e. The summed E-state index contributed by atoms with van der Waals surface area (Å²) in [6, 6.07) is 8.40. The summed E-state index contributed by atoms with van der Waals surface area (Å²) in [4.78, 5) is 28.2. The largest absolute Gasteiger partial charge is 0.495 e. The van der Waals surface area contributed by atoms with Crippen molar-refractivity contribution < 1.29 is 23.7 Å². The molecule has 158 valence electrons. The van der Waals surface area contributed by atoms with E-state index in [1.807, 2.05) is 12.1 Å². The molecule has 3 amide bonds. The zero-order valence-electron chi connectivity index (χ0n) is 17.4. The number of carbonyl (C=O) groups is 2. The van der Waals surface area contributed by atoms with E-state index in [9.17, 15) is 9.59 Å². The molecule has 9 heteroatoms. The van der Waals surface area contributed by atoms with E-state index in [2.05, 4.69) is 29.6 Å². The molecule has 1 heterocycles. The van der Waals surface area contributed by atoms with Crippen LogP contribution in [0.2, 0.25) is 0 Å². The van der Waals surface area contributed by atoms with Gasteiger partial charge in [-0.2, -0.15) is 0 Å². The van der Waals surface area contributed by atoms with E-state index in [-0.39, 0.29) is 18.5 Å². The predicted molar refractivity (Wildman–Crippen MR) is 110 cm³/mol. The van der Waals surface area contributed by atoms with Gasteiger partial charge in [0.15, 0.2) is 5.82 Å². The molecule has 0 aliphatic rings. The summed E-state index contributed by atoms with van der Waals surface area (Å²) >= 11 is 0. The van der Waals surface area contributed by atoms with Crippen molar-refractivity contribution in [3.05, 3.63) is 36.1 Å². The summed E-state index contributed by atoms with van der Waals surface area (Å²) in [6.45, 7) is 8.89. The second-order valence-electron chi connectivity index (χ2n) is 6.63. The molecule has 1 aromatic heterocycles. The maximum Gasteiger partial charge on any atom is 0.322 e. The third-order valence-electron chi connectivity index (χ3n) is 4.60. The highest BCUT2D eigenvalue weighted by molar-refractivity contribution is 5.97. The molecule has 9 nitrogen and oxygen atoms in total. The summed E-state index contributed by atoms with van der Waals surface area (Å²) in [5.74, 6) is 1.13. The number of hydrogen-bond donors (Lipinski definition) is 3. The SMILES string of the molecule is CC[NH+](CC)CCN(CC(=O)Nc1cc(C)on1)C(=O)Nc1ccccc1OC. The maximum absolute atomic E-state index is 12.9. The van der Waals surface area contributed by atoms with Crippen molar-refractivity contribution >= 4 is 23.4 Å². The number of rotatable bonds is 10. The van der Waals surface area contributed by atoms with Crippen LogP contribution in [0.3, 0.4) is 0 Å². The Morgan fingerprint density at radius 2 is 1.93 bits per heavy atom. The normalized spacial score (nSPS) is 10.7. The van der Waals surface area contributed by atoms with Gasteiger partial charge in [0.2, 0.25) is 5.91 Å². The van der Waals surface area contributed by atoms with Gasteiger partial charge in [-0.05, 0) is 32.9 Å². The van der Waals surface area contributed by atoms with Gasteiger partial charge in [0.25, 0.3) is 0 Å². The van der Waals surface area contributed by atoms with Gasteiger partial charge < -0.3 is 29.7 Å². The molecule has 0 fully saturated rings. The lowest BCUT2D eigenvalue weighted by molar-refractivity contribution is -0.895. The molecule has 0 bridgehead atoms. The second-order valence-corrected chi connectivity index (χ2v) is 6.63. The highest BCUT2D eigenvalue weighted by Gasteiger charge is 2.21. The van der Waals surface area contributed by atoms with Crippen molar-refractivity contribution in [3.63, 3.8) is 0 Å². The first-order valence-electron chi connectivity index (χ1n) is 9.72. The molecule has 0 saturated heterocycles. The number of aryl methyl sites for hydroxylation is 1. The molecule has 0 saturated carbocycles. The molecular weight excluding hydrogens is 374 g/mol.